The summed E-state index contributed by atoms with van der Waals surface area (Å²) < 4.78 is 28.5. The fraction of sp³-hybridized carbons (Fsp3) is 0.417. The molecule has 3 nitrogen and oxygen atoms in total. The number of fused-ring (bicyclic) bond motifs is 1. The van der Waals surface area contributed by atoms with Crippen LogP contribution in [0.1, 0.15) is 20.8 Å². The van der Waals surface area contributed by atoms with Gasteiger partial charge in [-0.3, -0.25) is 0 Å². The van der Waals surface area contributed by atoms with Gasteiger partial charge in [-0.15, -0.1) is 0 Å². The van der Waals surface area contributed by atoms with Gasteiger partial charge >= 0.3 is 0 Å². The molecule has 0 spiro atoms. The van der Waals surface area contributed by atoms with Crippen LogP contribution in [0.2, 0.25) is 0 Å². The van der Waals surface area contributed by atoms with Crippen molar-refractivity contribution in [1.29, 1.82) is 0 Å². The Labute approximate surface area is 98.2 Å². The Balaban J connectivity index is 2.69. The molecule has 17 heavy (non-hydrogen) atoms. The van der Waals surface area contributed by atoms with Gasteiger partial charge in [-0.05, 0) is 17.5 Å². The molecule has 0 saturated heterocycles. The molecule has 0 radical (unpaired) electrons. The van der Waals surface area contributed by atoms with Crippen LogP contribution < -0.4 is 5.73 Å². The van der Waals surface area contributed by atoms with Crippen LogP contribution >= 0.6 is 0 Å². The SMILES string of the molecule is CC(C)(C)Cn1c(N)nc2ccc(F)c(F)c21. The van der Waals surface area contributed by atoms with E-state index in [9.17, 15) is 8.78 Å². The number of hydrogen-bond acceptors (Lipinski definition) is 2. The Bertz CT molecular complexity index is 567. The molecule has 5 heteroatoms. The van der Waals surface area contributed by atoms with Crippen LogP contribution in [-0.4, -0.2) is 9.55 Å². The number of hydrogen-bond donors (Lipinski definition) is 1. The molecule has 0 aliphatic heterocycles. The van der Waals surface area contributed by atoms with E-state index in [1.165, 1.54) is 10.6 Å². The molecule has 0 amide bonds. The lowest BCUT2D eigenvalue weighted by Crippen LogP contribution is -2.17. The van der Waals surface area contributed by atoms with Crippen LogP contribution in [0.25, 0.3) is 11.0 Å². The summed E-state index contributed by atoms with van der Waals surface area (Å²) in [6.45, 7) is 6.47. The van der Waals surface area contributed by atoms with E-state index in [0.717, 1.165) is 6.07 Å². The van der Waals surface area contributed by atoms with Crippen molar-refractivity contribution in [2.24, 2.45) is 5.41 Å². The summed E-state index contributed by atoms with van der Waals surface area (Å²) in [6, 6.07) is 2.49. The van der Waals surface area contributed by atoms with Gasteiger partial charge in [-0.25, -0.2) is 13.8 Å². The van der Waals surface area contributed by atoms with E-state index in [1.807, 2.05) is 20.8 Å². The van der Waals surface area contributed by atoms with Crippen LogP contribution in [0.3, 0.4) is 0 Å². The lowest BCUT2D eigenvalue weighted by Gasteiger charge is -2.20. The number of anilines is 1. The lowest BCUT2D eigenvalue weighted by molar-refractivity contribution is 0.349. The van der Waals surface area contributed by atoms with Crippen LogP contribution in [0.15, 0.2) is 12.1 Å². The fourth-order valence-electron chi connectivity index (χ4n) is 1.81. The second-order valence-corrected chi connectivity index (χ2v) is 5.35. The molecule has 0 saturated carbocycles. The molecule has 0 aliphatic rings. The van der Waals surface area contributed by atoms with Gasteiger partial charge < -0.3 is 10.3 Å². The predicted molar refractivity (Wildman–Crippen MR) is 63.5 cm³/mol. The van der Waals surface area contributed by atoms with Crippen LogP contribution in [0.5, 0.6) is 0 Å². The zero-order valence-corrected chi connectivity index (χ0v) is 10.1. The number of imidazole rings is 1. The molecule has 0 aliphatic carbocycles. The Hall–Kier alpha value is -1.65. The van der Waals surface area contributed by atoms with E-state index in [4.69, 9.17) is 5.73 Å². The summed E-state index contributed by atoms with van der Waals surface area (Å²) in [5.41, 5.74) is 6.16. The number of halogens is 2. The van der Waals surface area contributed by atoms with Crippen molar-refractivity contribution in [3.05, 3.63) is 23.8 Å². The molecule has 0 unspecified atom stereocenters. The lowest BCUT2D eigenvalue weighted by atomic mass is 9.97. The summed E-state index contributed by atoms with van der Waals surface area (Å²) in [6.07, 6.45) is 0. The standard InChI is InChI=1S/C12H15F2N3/c1-12(2,3)6-17-10-8(16-11(17)15)5-4-7(13)9(10)14/h4-5H,6H2,1-3H3,(H2,15,16). The van der Waals surface area contributed by atoms with Gasteiger partial charge in [0.05, 0.1) is 5.52 Å². The highest BCUT2D eigenvalue weighted by Crippen LogP contribution is 2.27. The topological polar surface area (TPSA) is 43.8 Å². The summed E-state index contributed by atoms with van der Waals surface area (Å²) in [5.74, 6) is -1.57. The zero-order chi connectivity index (χ0) is 12.8. The van der Waals surface area contributed by atoms with Crippen molar-refractivity contribution in [2.45, 2.75) is 27.3 Å². The smallest absolute Gasteiger partial charge is 0.201 e. The summed E-state index contributed by atoms with van der Waals surface area (Å²) >= 11 is 0. The average molecular weight is 239 g/mol. The van der Waals surface area contributed by atoms with Crippen LogP contribution in [0.4, 0.5) is 14.7 Å². The molecule has 1 aromatic carbocycles. The first-order valence-corrected chi connectivity index (χ1v) is 5.39. The van der Waals surface area contributed by atoms with E-state index in [2.05, 4.69) is 4.98 Å². The van der Waals surface area contributed by atoms with Crippen molar-refractivity contribution >= 4 is 17.0 Å². The molecule has 2 rings (SSSR count). The van der Waals surface area contributed by atoms with E-state index in [1.54, 1.807) is 0 Å². The van der Waals surface area contributed by atoms with Gasteiger partial charge in [0.25, 0.3) is 0 Å². The van der Waals surface area contributed by atoms with Crippen LogP contribution in [0, 0.1) is 17.0 Å². The molecule has 2 aromatic rings. The van der Waals surface area contributed by atoms with Crippen molar-refractivity contribution < 1.29 is 8.78 Å². The first-order chi connectivity index (χ1) is 7.79. The van der Waals surface area contributed by atoms with Crippen molar-refractivity contribution in [3.63, 3.8) is 0 Å². The van der Waals surface area contributed by atoms with Gasteiger partial charge in [-0.2, -0.15) is 0 Å². The predicted octanol–water partition coefficient (Wildman–Crippen LogP) is 2.94. The van der Waals surface area contributed by atoms with Gasteiger partial charge in [-0.1, -0.05) is 20.8 Å². The number of rotatable bonds is 1. The molecule has 0 fully saturated rings. The first-order valence-electron chi connectivity index (χ1n) is 5.39. The van der Waals surface area contributed by atoms with Crippen molar-refractivity contribution in [1.82, 2.24) is 9.55 Å². The van der Waals surface area contributed by atoms with E-state index in [0.29, 0.717) is 12.1 Å². The fourth-order valence-corrected chi connectivity index (χ4v) is 1.81. The second-order valence-electron chi connectivity index (χ2n) is 5.35. The highest BCUT2D eigenvalue weighted by atomic mass is 19.2. The molecule has 0 bridgehead atoms. The normalized spacial score (nSPS) is 12.3. The van der Waals surface area contributed by atoms with Gasteiger partial charge in [0, 0.05) is 6.54 Å². The van der Waals surface area contributed by atoms with Gasteiger partial charge in [0.1, 0.15) is 5.52 Å². The minimum Gasteiger partial charge on any atom is -0.369 e. The van der Waals surface area contributed by atoms with Crippen molar-refractivity contribution in [2.75, 3.05) is 5.73 Å². The second kappa shape index (κ2) is 3.68. The maximum atomic E-state index is 13.8. The minimum absolute atomic E-state index is 0.0967. The molecule has 2 N–H and O–H groups in total. The number of benzene rings is 1. The number of nitrogens with two attached hydrogens (primary N) is 1. The number of aromatic nitrogens is 2. The average Bonchev–Trinajstić information content (AvgIpc) is 2.48. The monoisotopic (exact) mass is 239 g/mol. The zero-order valence-electron chi connectivity index (χ0n) is 10.1. The quantitative estimate of drug-likeness (QED) is 0.831. The molecular weight excluding hydrogens is 224 g/mol. The Morgan fingerprint density at radius 2 is 1.94 bits per heavy atom. The third kappa shape index (κ3) is 2.09. The number of nitrogen functional groups attached to an aromatic ring is 1. The minimum atomic E-state index is -0.893. The molecule has 0 atom stereocenters. The molecule has 1 heterocycles. The van der Waals surface area contributed by atoms with Gasteiger partial charge in [0.2, 0.25) is 5.95 Å². The summed E-state index contributed by atoms with van der Waals surface area (Å²) in [7, 11) is 0. The highest BCUT2D eigenvalue weighted by molar-refractivity contribution is 5.79. The highest BCUT2D eigenvalue weighted by Gasteiger charge is 2.20. The maximum absolute atomic E-state index is 13.8. The molecular formula is C12H15F2N3. The Morgan fingerprint density at radius 3 is 2.53 bits per heavy atom. The van der Waals surface area contributed by atoms with Gasteiger partial charge in [0.15, 0.2) is 11.6 Å². The molecule has 1 aromatic heterocycles. The van der Waals surface area contributed by atoms with Crippen LogP contribution in [-0.2, 0) is 6.54 Å². The van der Waals surface area contributed by atoms with E-state index >= 15 is 0 Å². The Morgan fingerprint density at radius 1 is 1.29 bits per heavy atom. The third-order valence-electron chi connectivity index (χ3n) is 2.46. The summed E-state index contributed by atoms with van der Waals surface area (Å²) in [4.78, 5) is 4.03. The summed E-state index contributed by atoms with van der Waals surface area (Å²) in [5, 5.41) is 0. The largest absolute Gasteiger partial charge is 0.369 e. The first kappa shape index (κ1) is 11.8. The van der Waals surface area contributed by atoms with Crippen molar-refractivity contribution in [3.8, 4) is 0 Å². The molecule has 92 valence electrons. The Kier molecular flexibility index (Phi) is 2.56. The van der Waals surface area contributed by atoms with E-state index < -0.39 is 11.6 Å². The number of nitrogens with zero attached hydrogens (tertiary/aromatic N) is 2. The third-order valence-corrected chi connectivity index (χ3v) is 2.46. The maximum Gasteiger partial charge on any atom is 0.201 e. The van der Waals surface area contributed by atoms with E-state index in [-0.39, 0.29) is 16.9 Å².